The van der Waals surface area contributed by atoms with Crippen LogP contribution in [0, 0.1) is 5.82 Å². The molecule has 15 heavy (non-hydrogen) atoms. The van der Waals surface area contributed by atoms with Gasteiger partial charge in [-0.1, -0.05) is 11.6 Å². The second-order valence-electron chi connectivity index (χ2n) is 3.13. The van der Waals surface area contributed by atoms with Gasteiger partial charge in [0, 0.05) is 6.54 Å². The minimum absolute atomic E-state index is 0.0245. The van der Waals surface area contributed by atoms with Gasteiger partial charge in [-0.05, 0) is 19.1 Å². The molecule has 78 valence electrons. The van der Waals surface area contributed by atoms with Crippen molar-refractivity contribution < 1.29 is 14.0 Å². The monoisotopic (exact) mass is 227 g/mol. The number of rotatable bonds is 1. The summed E-state index contributed by atoms with van der Waals surface area (Å²) in [5.41, 5.74) is 0.363. The molecule has 1 aromatic carbocycles. The summed E-state index contributed by atoms with van der Waals surface area (Å²) in [5, 5.41) is -0.276. The predicted molar refractivity (Wildman–Crippen MR) is 53.8 cm³/mol. The zero-order valence-electron chi connectivity index (χ0n) is 7.88. The maximum atomic E-state index is 13.1. The SMILES string of the molecule is CCN1C(=O)C(=O)c2c1ccc(F)c2Cl. The Bertz CT molecular complexity index is 473. The van der Waals surface area contributed by atoms with Crippen LogP contribution in [0.15, 0.2) is 12.1 Å². The highest BCUT2D eigenvalue weighted by molar-refractivity contribution is 6.55. The number of anilines is 1. The molecule has 0 atom stereocenters. The van der Waals surface area contributed by atoms with E-state index in [1.165, 1.54) is 11.0 Å². The highest BCUT2D eigenvalue weighted by atomic mass is 35.5. The summed E-state index contributed by atoms with van der Waals surface area (Å²) in [6.45, 7) is 2.09. The van der Waals surface area contributed by atoms with Crippen molar-refractivity contribution in [3.05, 3.63) is 28.5 Å². The smallest absolute Gasteiger partial charge is 0.299 e. The highest BCUT2D eigenvalue weighted by Gasteiger charge is 2.37. The van der Waals surface area contributed by atoms with Gasteiger partial charge in [-0.3, -0.25) is 9.59 Å². The van der Waals surface area contributed by atoms with Crippen molar-refractivity contribution >= 4 is 29.0 Å². The molecule has 0 aliphatic carbocycles. The topological polar surface area (TPSA) is 37.4 Å². The molecule has 0 saturated carbocycles. The maximum absolute atomic E-state index is 13.1. The number of benzene rings is 1. The van der Waals surface area contributed by atoms with E-state index in [-0.39, 0.29) is 10.6 Å². The third-order valence-electron chi connectivity index (χ3n) is 2.35. The number of carbonyl (C=O) groups excluding carboxylic acids is 2. The van der Waals surface area contributed by atoms with Crippen LogP contribution in [0.25, 0.3) is 0 Å². The third-order valence-corrected chi connectivity index (χ3v) is 2.72. The molecule has 1 heterocycles. The molecule has 0 N–H and O–H groups in total. The standard InChI is InChI=1S/C10H7ClFNO2/c1-2-13-6-4-3-5(12)8(11)7(6)9(14)10(13)15/h3-4H,2H2,1H3. The molecule has 0 radical (unpaired) electrons. The lowest BCUT2D eigenvalue weighted by Gasteiger charge is -2.13. The van der Waals surface area contributed by atoms with Crippen LogP contribution in [0.2, 0.25) is 5.02 Å². The quantitative estimate of drug-likeness (QED) is 0.689. The van der Waals surface area contributed by atoms with Crippen molar-refractivity contribution in [2.45, 2.75) is 6.92 Å². The summed E-state index contributed by atoms with van der Waals surface area (Å²) in [5.74, 6) is -2.08. The molecule has 0 unspecified atom stereocenters. The van der Waals surface area contributed by atoms with Crippen LogP contribution in [0.3, 0.4) is 0 Å². The number of amides is 1. The molecule has 0 spiro atoms. The molecule has 1 aliphatic heterocycles. The summed E-state index contributed by atoms with van der Waals surface area (Å²) in [6.07, 6.45) is 0. The maximum Gasteiger partial charge on any atom is 0.299 e. The molecule has 2 rings (SSSR count). The van der Waals surface area contributed by atoms with Crippen LogP contribution in [0.4, 0.5) is 10.1 Å². The van der Waals surface area contributed by atoms with E-state index in [9.17, 15) is 14.0 Å². The van der Waals surface area contributed by atoms with Crippen LogP contribution in [-0.4, -0.2) is 18.2 Å². The van der Waals surface area contributed by atoms with Gasteiger partial charge >= 0.3 is 0 Å². The van der Waals surface area contributed by atoms with Crippen LogP contribution in [0.1, 0.15) is 17.3 Å². The Hall–Kier alpha value is -1.42. The highest BCUT2D eigenvalue weighted by Crippen LogP contribution is 2.35. The Morgan fingerprint density at radius 3 is 2.67 bits per heavy atom. The Morgan fingerprint density at radius 1 is 1.40 bits per heavy atom. The number of likely N-dealkylation sites (N-methyl/N-ethyl adjacent to an activating group) is 1. The van der Waals surface area contributed by atoms with Crippen molar-refractivity contribution in [2.75, 3.05) is 11.4 Å². The van der Waals surface area contributed by atoms with Crippen molar-refractivity contribution in [1.82, 2.24) is 0 Å². The molecule has 5 heteroatoms. The number of hydrogen-bond donors (Lipinski definition) is 0. The second-order valence-corrected chi connectivity index (χ2v) is 3.51. The van der Waals surface area contributed by atoms with E-state index in [0.717, 1.165) is 6.07 Å². The molecule has 0 fully saturated rings. The minimum atomic E-state index is -0.739. The van der Waals surface area contributed by atoms with Gasteiger partial charge in [0.25, 0.3) is 11.7 Å². The number of nitrogens with zero attached hydrogens (tertiary/aromatic N) is 1. The van der Waals surface area contributed by atoms with E-state index in [2.05, 4.69) is 0 Å². The fraction of sp³-hybridized carbons (Fsp3) is 0.200. The van der Waals surface area contributed by atoms with Gasteiger partial charge in [-0.15, -0.1) is 0 Å². The summed E-state index contributed by atoms with van der Waals surface area (Å²) < 4.78 is 13.1. The fourth-order valence-corrected chi connectivity index (χ4v) is 1.88. The van der Waals surface area contributed by atoms with Crippen LogP contribution >= 0.6 is 11.6 Å². The molecular weight excluding hydrogens is 221 g/mol. The summed E-state index contributed by atoms with van der Waals surface area (Å²) >= 11 is 5.65. The van der Waals surface area contributed by atoms with Gasteiger partial charge in [-0.25, -0.2) is 4.39 Å². The minimum Gasteiger partial charge on any atom is -0.305 e. The summed E-state index contributed by atoms with van der Waals surface area (Å²) in [6, 6.07) is 2.54. The van der Waals surface area contributed by atoms with Crippen molar-refractivity contribution in [3.63, 3.8) is 0 Å². The average molecular weight is 228 g/mol. The van der Waals surface area contributed by atoms with Crippen LogP contribution < -0.4 is 4.90 Å². The summed E-state index contributed by atoms with van der Waals surface area (Å²) in [4.78, 5) is 24.2. The van der Waals surface area contributed by atoms with E-state index < -0.39 is 17.5 Å². The van der Waals surface area contributed by atoms with Gasteiger partial charge in [0.1, 0.15) is 5.82 Å². The Balaban J connectivity index is 2.71. The normalized spacial score (nSPS) is 14.7. The average Bonchev–Trinajstić information content (AvgIpc) is 2.46. The number of halogens is 2. The Morgan fingerprint density at radius 2 is 2.07 bits per heavy atom. The predicted octanol–water partition coefficient (Wildman–Crippen LogP) is 2.03. The molecule has 1 aliphatic rings. The number of fused-ring (bicyclic) bond motifs is 1. The Labute approximate surface area is 90.4 Å². The number of carbonyl (C=O) groups is 2. The lowest BCUT2D eigenvalue weighted by molar-refractivity contribution is -0.114. The zero-order chi connectivity index (χ0) is 11.2. The first-order chi connectivity index (χ1) is 7.07. The van der Waals surface area contributed by atoms with Crippen molar-refractivity contribution in [1.29, 1.82) is 0 Å². The van der Waals surface area contributed by atoms with E-state index in [4.69, 9.17) is 11.6 Å². The van der Waals surface area contributed by atoms with E-state index >= 15 is 0 Å². The molecule has 1 amide bonds. The van der Waals surface area contributed by atoms with Gasteiger partial charge in [0.15, 0.2) is 0 Å². The number of hydrogen-bond acceptors (Lipinski definition) is 2. The van der Waals surface area contributed by atoms with Gasteiger partial charge in [0.2, 0.25) is 0 Å². The molecule has 1 aromatic rings. The first-order valence-corrected chi connectivity index (χ1v) is 4.80. The number of Topliss-reactive ketones (excluding diaryl/α,β-unsaturated/α-hetero) is 1. The zero-order valence-corrected chi connectivity index (χ0v) is 8.64. The van der Waals surface area contributed by atoms with Gasteiger partial charge < -0.3 is 4.90 Å². The molecular formula is C10H7ClFNO2. The number of ketones is 1. The third kappa shape index (κ3) is 1.25. The van der Waals surface area contributed by atoms with Gasteiger partial charge in [0.05, 0.1) is 16.3 Å². The van der Waals surface area contributed by atoms with Gasteiger partial charge in [-0.2, -0.15) is 0 Å². The molecule has 3 nitrogen and oxygen atoms in total. The van der Waals surface area contributed by atoms with E-state index in [0.29, 0.717) is 12.2 Å². The summed E-state index contributed by atoms with van der Waals surface area (Å²) in [7, 11) is 0. The lowest BCUT2D eigenvalue weighted by Crippen LogP contribution is -2.29. The van der Waals surface area contributed by atoms with Crippen LogP contribution in [-0.2, 0) is 4.79 Å². The van der Waals surface area contributed by atoms with E-state index in [1.807, 2.05) is 0 Å². The molecule has 0 saturated heterocycles. The Kier molecular flexibility index (Phi) is 2.23. The molecule has 0 bridgehead atoms. The first-order valence-electron chi connectivity index (χ1n) is 4.42. The fourth-order valence-electron chi connectivity index (χ4n) is 1.63. The van der Waals surface area contributed by atoms with Crippen molar-refractivity contribution in [2.24, 2.45) is 0 Å². The largest absolute Gasteiger partial charge is 0.305 e. The molecule has 0 aromatic heterocycles. The van der Waals surface area contributed by atoms with Crippen LogP contribution in [0.5, 0.6) is 0 Å². The lowest BCUT2D eigenvalue weighted by atomic mass is 10.1. The second kappa shape index (κ2) is 3.31. The van der Waals surface area contributed by atoms with E-state index in [1.54, 1.807) is 6.92 Å². The first kappa shape index (κ1) is 10.1. The van der Waals surface area contributed by atoms with Crippen molar-refractivity contribution in [3.8, 4) is 0 Å².